The molecule has 0 aliphatic carbocycles. The van der Waals surface area contributed by atoms with Gasteiger partial charge in [-0.25, -0.2) is 0 Å². The molecule has 0 aromatic heterocycles. The number of hydrogen-bond acceptors (Lipinski definition) is 3. The second-order valence-electron chi connectivity index (χ2n) is 6.44. The molecular weight excluding hydrogens is 384 g/mol. The van der Waals surface area contributed by atoms with Crippen LogP contribution in [0.4, 0.5) is 5.69 Å². The molecule has 0 aliphatic heterocycles. The van der Waals surface area contributed by atoms with Crippen molar-refractivity contribution in [2.24, 2.45) is 0 Å². The Hall–Kier alpha value is -3.55. The van der Waals surface area contributed by atoms with Gasteiger partial charge in [-0.3, -0.25) is 4.79 Å². The lowest BCUT2D eigenvalue weighted by atomic mass is 10.1. The van der Waals surface area contributed by atoms with E-state index in [0.717, 1.165) is 11.1 Å². The average Bonchev–Trinajstić information content (AvgIpc) is 2.73. The minimum absolute atomic E-state index is 0.00817. The molecule has 3 aromatic rings. The number of nitriles is 1. The van der Waals surface area contributed by atoms with Gasteiger partial charge in [0.1, 0.15) is 24.0 Å². The number of carbonyl (C=O) groups is 1. The Kier molecular flexibility index (Phi) is 6.67. The van der Waals surface area contributed by atoms with Crippen LogP contribution < -0.4 is 10.1 Å². The molecule has 0 fully saturated rings. The maximum Gasteiger partial charge on any atom is 0.266 e. The Bertz CT molecular complexity index is 1080. The maximum atomic E-state index is 12.4. The molecule has 0 spiro atoms. The summed E-state index contributed by atoms with van der Waals surface area (Å²) in [4.78, 5) is 12.4. The zero-order chi connectivity index (χ0) is 20.6. The molecule has 144 valence electrons. The van der Waals surface area contributed by atoms with E-state index in [1.54, 1.807) is 30.3 Å². The smallest absolute Gasteiger partial charge is 0.266 e. The van der Waals surface area contributed by atoms with E-state index in [-0.39, 0.29) is 5.57 Å². The molecule has 0 heterocycles. The number of nitrogens with one attached hydrogen (secondary N) is 1. The van der Waals surface area contributed by atoms with E-state index in [1.165, 1.54) is 6.08 Å². The minimum atomic E-state index is -0.459. The first-order chi connectivity index (χ1) is 14.0. The number of anilines is 1. The van der Waals surface area contributed by atoms with Crippen molar-refractivity contribution >= 4 is 29.3 Å². The quantitative estimate of drug-likeness (QED) is 0.420. The van der Waals surface area contributed by atoms with Crippen molar-refractivity contribution in [3.63, 3.8) is 0 Å². The van der Waals surface area contributed by atoms with E-state index in [9.17, 15) is 10.1 Å². The maximum absolute atomic E-state index is 12.4. The molecule has 0 aliphatic rings. The summed E-state index contributed by atoms with van der Waals surface area (Å²) < 4.78 is 5.80. The van der Waals surface area contributed by atoms with Gasteiger partial charge in [-0.1, -0.05) is 59.6 Å². The van der Waals surface area contributed by atoms with Crippen LogP contribution in [0, 0.1) is 18.3 Å². The van der Waals surface area contributed by atoms with Gasteiger partial charge in [0.05, 0.1) is 0 Å². The van der Waals surface area contributed by atoms with Gasteiger partial charge in [0.15, 0.2) is 0 Å². The monoisotopic (exact) mass is 402 g/mol. The molecule has 4 nitrogen and oxygen atoms in total. The van der Waals surface area contributed by atoms with Crippen molar-refractivity contribution in [1.82, 2.24) is 0 Å². The highest BCUT2D eigenvalue weighted by Gasteiger charge is 2.10. The van der Waals surface area contributed by atoms with Gasteiger partial charge < -0.3 is 10.1 Å². The van der Waals surface area contributed by atoms with E-state index in [4.69, 9.17) is 16.3 Å². The molecule has 3 aromatic carbocycles. The molecule has 5 heteroatoms. The lowest BCUT2D eigenvalue weighted by Gasteiger charge is -2.08. The standard InChI is InChI=1S/C24H19ClN2O2/c1-17-9-11-21(12-10-17)27-24(28)20(15-26)13-18-5-4-7-22(14-18)29-16-19-6-2-3-8-23(19)25/h2-14H,16H2,1H3,(H,27,28)/b20-13+. The fourth-order valence-corrected chi connectivity index (χ4v) is 2.81. The van der Waals surface area contributed by atoms with Crippen LogP contribution in [-0.4, -0.2) is 5.91 Å². The minimum Gasteiger partial charge on any atom is -0.489 e. The summed E-state index contributed by atoms with van der Waals surface area (Å²) in [5.74, 6) is 0.161. The van der Waals surface area contributed by atoms with Gasteiger partial charge in [0.25, 0.3) is 5.91 Å². The third-order valence-corrected chi connectivity index (χ3v) is 4.56. The van der Waals surface area contributed by atoms with Gasteiger partial charge in [-0.15, -0.1) is 0 Å². The second-order valence-corrected chi connectivity index (χ2v) is 6.85. The van der Waals surface area contributed by atoms with Crippen LogP contribution in [0.25, 0.3) is 6.08 Å². The Labute approximate surface area is 175 Å². The first kappa shape index (κ1) is 20.2. The fraction of sp³-hybridized carbons (Fsp3) is 0.0833. The van der Waals surface area contributed by atoms with E-state index in [2.05, 4.69) is 5.32 Å². The molecule has 1 N–H and O–H groups in total. The lowest BCUT2D eigenvalue weighted by Crippen LogP contribution is -2.13. The summed E-state index contributed by atoms with van der Waals surface area (Å²) >= 11 is 6.15. The number of halogens is 1. The van der Waals surface area contributed by atoms with Crippen LogP contribution in [0.15, 0.2) is 78.4 Å². The van der Waals surface area contributed by atoms with E-state index in [0.29, 0.717) is 28.6 Å². The Morgan fingerprint density at radius 1 is 1.10 bits per heavy atom. The number of amides is 1. The molecule has 0 unspecified atom stereocenters. The molecule has 0 atom stereocenters. The number of ether oxygens (including phenoxy) is 1. The van der Waals surface area contributed by atoms with Gasteiger partial charge in [0.2, 0.25) is 0 Å². The van der Waals surface area contributed by atoms with Gasteiger partial charge >= 0.3 is 0 Å². The predicted octanol–water partition coefficient (Wildman–Crippen LogP) is 5.77. The van der Waals surface area contributed by atoms with E-state index in [1.807, 2.05) is 55.5 Å². The largest absolute Gasteiger partial charge is 0.489 e. The predicted molar refractivity (Wildman–Crippen MR) is 116 cm³/mol. The highest BCUT2D eigenvalue weighted by atomic mass is 35.5. The van der Waals surface area contributed by atoms with Crippen molar-refractivity contribution in [2.75, 3.05) is 5.32 Å². The Morgan fingerprint density at radius 2 is 1.86 bits per heavy atom. The summed E-state index contributed by atoms with van der Waals surface area (Å²) in [6, 6.07) is 24.0. The molecule has 0 radical (unpaired) electrons. The molecule has 1 amide bonds. The molecule has 3 rings (SSSR count). The van der Waals surface area contributed by atoms with Crippen LogP contribution in [0.5, 0.6) is 5.75 Å². The van der Waals surface area contributed by atoms with Crippen LogP contribution in [-0.2, 0) is 11.4 Å². The summed E-state index contributed by atoms with van der Waals surface area (Å²) in [5.41, 5.74) is 3.31. The summed E-state index contributed by atoms with van der Waals surface area (Å²) in [5, 5.41) is 12.8. The van der Waals surface area contributed by atoms with Gasteiger partial charge in [-0.2, -0.15) is 5.26 Å². The highest BCUT2D eigenvalue weighted by molar-refractivity contribution is 6.31. The van der Waals surface area contributed by atoms with E-state index < -0.39 is 5.91 Å². The molecule has 29 heavy (non-hydrogen) atoms. The topological polar surface area (TPSA) is 62.1 Å². The highest BCUT2D eigenvalue weighted by Crippen LogP contribution is 2.21. The van der Waals surface area contributed by atoms with Crippen LogP contribution in [0.1, 0.15) is 16.7 Å². The normalized spacial score (nSPS) is 10.9. The Balaban J connectivity index is 1.71. The third kappa shape index (κ3) is 5.71. The molecule has 0 bridgehead atoms. The average molecular weight is 403 g/mol. The van der Waals surface area contributed by atoms with Crippen molar-refractivity contribution in [3.8, 4) is 11.8 Å². The number of aryl methyl sites for hydroxylation is 1. The number of benzene rings is 3. The second kappa shape index (κ2) is 9.59. The number of hydrogen-bond donors (Lipinski definition) is 1. The van der Waals surface area contributed by atoms with Crippen molar-refractivity contribution < 1.29 is 9.53 Å². The van der Waals surface area contributed by atoms with Crippen LogP contribution in [0.2, 0.25) is 5.02 Å². The number of carbonyl (C=O) groups excluding carboxylic acids is 1. The fourth-order valence-electron chi connectivity index (χ4n) is 2.62. The SMILES string of the molecule is Cc1ccc(NC(=O)/C(C#N)=C/c2cccc(OCc3ccccc3Cl)c2)cc1. The van der Waals surface area contributed by atoms with Crippen molar-refractivity contribution in [2.45, 2.75) is 13.5 Å². The number of rotatable bonds is 6. The zero-order valence-electron chi connectivity index (χ0n) is 15.9. The lowest BCUT2D eigenvalue weighted by molar-refractivity contribution is -0.112. The Morgan fingerprint density at radius 3 is 2.59 bits per heavy atom. The summed E-state index contributed by atoms with van der Waals surface area (Å²) in [6.07, 6.45) is 1.53. The molecule has 0 saturated carbocycles. The summed E-state index contributed by atoms with van der Waals surface area (Å²) in [6.45, 7) is 2.29. The molecular formula is C24H19ClN2O2. The first-order valence-corrected chi connectivity index (χ1v) is 9.39. The van der Waals surface area contributed by atoms with Crippen molar-refractivity contribution in [1.29, 1.82) is 5.26 Å². The van der Waals surface area contributed by atoms with E-state index >= 15 is 0 Å². The van der Waals surface area contributed by atoms with Crippen LogP contribution in [0.3, 0.4) is 0 Å². The van der Waals surface area contributed by atoms with Gasteiger partial charge in [-0.05, 0) is 48.9 Å². The summed E-state index contributed by atoms with van der Waals surface area (Å²) in [7, 11) is 0. The van der Waals surface area contributed by atoms with Crippen molar-refractivity contribution in [3.05, 3.63) is 100 Å². The zero-order valence-corrected chi connectivity index (χ0v) is 16.6. The first-order valence-electron chi connectivity index (χ1n) is 9.01. The number of nitrogens with zero attached hydrogens (tertiary/aromatic N) is 1. The molecule has 0 saturated heterocycles. The van der Waals surface area contributed by atoms with Crippen LogP contribution >= 0.6 is 11.6 Å². The third-order valence-electron chi connectivity index (χ3n) is 4.20. The van der Waals surface area contributed by atoms with Gasteiger partial charge in [0, 0.05) is 16.3 Å².